The Labute approximate surface area is 182 Å². The van der Waals surface area contributed by atoms with Gasteiger partial charge < -0.3 is 25.0 Å². The molecule has 9 heteroatoms. The van der Waals surface area contributed by atoms with Gasteiger partial charge in [0.25, 0.3) is 11.8 Å². The van der Waals surface area contributed by atoms with Gasteiger partial charge in [0.2, 0.25) is 0 Å². The predicted octanol–water partition coefficient (Wildman–Crippen LogP) is 2.20. The van der Waals surface area contributed by atoms with E-state index in [2.05, 4.69) is 31.5 Å². The molecule has 0 bridgehead atoms. The van der Waals surface area contributed by atoms with E-state index >= 15 is 0 Å². The van der Waals surface area contributed by atoms with Crippen LogP contribution in [0.1, 0.15) is 10.4 Å². The van der Waals surface area contributed by atoms with Gasteiger partial charge in [0, 0.05) is 34.5 Å². The lowest BCUT2D eigenvalue weighted by atomic mass is 10.2. The Morgan fingerprint density at radius 3 is 2.33 bits per heavy atom. The van der Waals surface area contributed by atoms with E-state index in [1.807, 2.05) is 12.1 Å². The molecule has 2 aromatic carbocycles. The van der Waals surface area contributed by atoms with Crippen LogP contribution in [-0.4, -0.2) is 57.2 Å². The third-order valence-electron chi connectivity index (χ3n) is 4.39. The summed E-state index contributed by atoms with van der Waals surface area (Å²) in [4.78, 5) is 37.9. The van der Waals surface area contributed by atoms with Crippen molar-refractivity contribution in [2.75, 3.05) is 49.7 Å². The summed E-state index contributed by atoms with van der Waals surface area (Å²) >= 11 is 3.29. The first kappa shape index (κ1) is 21.8. The molecule has 1 heterocycles. The maximum atomic E-state index is 12.0. The van der Waals surface area contributed by atoms with Gasteiger partial charge >= 0.3 is 5.97 Å². The van der Waals surface area contributed by atoms with Crippen LogP contribution in [0.2, 0.25) is 0 Å². The molecule has 1 aliphatic rings. The van der Waals surface area contributed by atoms with Crippen molar-refractivity contribution in [2.45, 2.75) is 0 Å². The number of rotatable bonds is 7. The van der Waals surface area contributed by atoms with E-state index in [4.69, 9.17) is 9.47 Å². The summed E-state index contributed by atoms with van der Waals surface area (Å²) in [6.07, 6.45) is 0. The molecule has 1 fully saturated rings. The maximum absolute atomic E-state index is 12.0. The average molecular weight is 476 g/mol. The Morgan fingerprint density at radius 1 is 1.00 bits per heavy atom. The zero-order valence-electron chi connectivity index (χ0n) is 16.2. The van der Waals surface area contributed by atoms with Gasteiger partial charge in [-0.05, 0) is 48.5 Å². The second-order valence-electron chi connectivity index (χ2n) is 6.54. The molecule has 2 amide bonds. The highest BCUT2D eigenvalue weighted by atomic mass is 79.9. The van der Waals surface area contributed by atoms with Crippen molar-refractivity contribution in [1.29, 1.82) is 0 Å². The van der Waals surface area contributed by atoms with Crippen molar-refractivity contribution in [2.24, 2.45) is 0 Å². The van der Waals surface area contributed by atoms with E-state index in [1.165, 1.54) is 0 Å². The lowest BCUT2D eigenvalue weighted by Crippen LogP contribution is -2.36. The van der Waals surface area contributed by atoms with Gasteiger partial charge in [-0.15, -0.1) is 0 Å². The molecule has 8 nitrogen and oxygen atoms in total. The molecular formula is C21H22BrN3O5. The van der Waals surface area contributed by atoms with E-state index in [-0.39, 0.29) is 6.54 Å². The van der Waals surface area contributed by atoms with Crippen molar-refractivity contribution in [3.8, 4) is 0 Å². The van der Waals surface area contributed by atoms with Crippen molar-refractivity contribution in [3.05, 3.63) is 58.6 Å². The van der Waals surface area contributed by atoms with Crippen molar-refractivity contribution in [3.63, 3.8) is 0 Å². The zero-order chi connectivity index (χ0) is 21.3. The van der Waals surface area contributed by atoms with Crippen LogP contribution in [0.25, 0.3) is 0 Å². The topological polar surface area (TPSA) is 97.0 Å². The van der Waals surface area contributed by atoms with Crippen LogP contribution in [0, 0.1) is 0 Å². The van der Waals surface area contributed by atoms with Crippen molar-refractivity contribution >= 4 is 45.1 Å². The first-order valence-corrected chi connectivity index (χ1v) is 10.2. The number of esters is 1. The first-order chi connectivity index (χ1) is 14.5. The monoisotopic (exact) mass is 475 g/mol. The van der Waals surface area contributed by atoms with E-state index in [0.717, 1.165) is 23.2 Å². The number of halogens is 1. The van der Waals surface area contributed by atoms with Gasteiger partial charge in [-0.3, -0.25) is 14.4 Å². The number of nitrogens with one attached hydrogen (secondary N) is 2. The van der Waals surface area contributed by atoms with Gasteiger partial charge in [-0.1, -0.05) is 15.9 Å². The fourth-order valence-corrected chi connectivity index (χ4v) is 3.09. The summed E-state index contributed by atoms with van der Waals surface area (Å²) in [6.45, 7) is 2.32. The summed E-state index contributed by atoms with van der Waals surface area (Å²) in [7, 11) is 0. The van der Waals surface area contributed by atoms with Crippen molar-refractivity contribution < 1.29 is 23.9 Å². The van der Waals surface area contributed by atoms with E-state index in [0.29, 0.717) is 24.5 Å². The summed E-state index contributed by atoms with van der Waals surface area (Å²) in [5.41, 5.74) is 2.09. The van der Waals surface area contributed by atoms with Crippen LogP contribution in [0.15, 0.2) is 53.0 Å². The number of hydrogen-bond acceptors (Lipinski definition) is 6. The Balaban J connectivity index is 1.38. The standard InChI is InChI=1S/C21H22BrN3O5/c22-16-3-1-15(2-4-16)21(28)23-13-20(27)30-14-19(26)24-17-5-7-18(8-6-17)25-9-11-29-12-10-25/h1-8H,9-14H2,(H,23,28)(H,24,26). The lowest BCUT2D eigenvalue weighted by Gasteiger charge is -2.28. The van der Waals surface area contributed by atoms with Crippen molar-refractivity contribution in [1.82, 2.24) is 5.32 Å². The molecule has 3 rings (SSSR count). The molecule has 1 aliphatic heterocycles. The first-order valence-electron chi connectivity index (χ1n) is 9.43. The highest BCUT2D eigenvalue weighted by Gasteiger charge is 2.13. The molecular weight excluding hydrogens is 454 g/mol. The fraction of sp³-hybridized carbons (Fsp3) is 0.286. The number of hydrogen-bond donors (Lipinski definition) is 2. The maximum Gasteiger partial charge on any atom is 0.325 e. The quantitative estimate of drug-likeness (QED) is 0.595. The molecule has 0 aromatic heterocycles. The third kappa shape index (κ3) is 6.57. The molecule has 0 aliphatic carbocycles. The molecule has 0 atom stereocenters. The molecule has 0 saturated carbocycles. The number of carbonyl (C=O) groups is 3. The second-order valence-corrected chi connectivity index (χ2v) is 7.46. The van der Waals surface area contributed by atoms with E-state index in [1.54, 1.807) is 36.4 Å². The number of amides is 2. The van der Waals surface area contributed by atoms with Crippen LogP contribution in [0.4, 0.5) is 11.4 Å². The summed E-state index contributed by atoms with van der Waals surface area (Å²) in [5.74, 6) is -1.55. The number of anilines is 2. The molecule has 30 heavy (non-hydrogen) atoms. The molecule has 0 radical (unpaired) electrons. The van der Waals surface area contributed by atoms with Crippen LogP contribution in [-0.2, 0) is 19.1 Å². The van der Waals surface area contributed by atoms with Crippen LogP contribution >= 0.6 is 15.9 Å². The predicted molar refractivity (Wildman–Crippen MR) is 116 cm³/mol. The Kier molecular flexibility index (Phi) is 7.81. The SMILES string of the molecule is O=C(COC(=O)CNC(=O)c1ccc(Br)cc1)Nc1ccc(N2CCOCC2)cc1. The Bertz CT molecular complexity index is 881. The highest BCUT2D eigenvalue weighted by Crippen LogP contribution is 2.19. The summed E-state index contributed by atoms with van der Waals surface area (Å²) in [6, 6.07) is 14.1. The van der Waals surface area contributed by atoms with Gasteiger partial charge in [0.05, 0.1) is 13.2 Å². The fourth-order valence-electron chi connectivity index (χ4n) is 2.83. The molecule has 0 unspecified atom stereocenters. The minimum absolute atomic E-state index is 0.323. The Hall–Kier alpha value is -2.91. The average Bonchev–Trinajstić information content (AvgIpc) is 2.77. The second kappa shape index (κ2) is 10.7. The normalized spacial score (nSPS) is 13.4. The molecule has 0 spiro atoms. The number of nitrogens with zero attached hydrogens (tertiary/aromatic N) is 1. The molecule has 158 valence electrons. The molecule has 1 saturated heterocycles. The highest BCUT2D eigenvalue weighted by molar-refractivity contribution is 9.10. The Morgan fingerprint density at radius 2 is 1.67 bits per heavy atom. The molecule has 2 aromatic rings. The number of ether oxygens (including phenoxy) is 2. The summed E-state index contributed by atoms with van der Waals surface area (Å²) < 4.78 is 11.1. The number of benzene rings is 2. The largest absolute Gasteiger partial charge is 0.454 e. The number of carbonyl (C=O) groups excluding carboxylic acids is 3. The smallest absolute Gasteiger partial charge is 0.325 e. The minimum Gasteiger partial charge on any atom is -0.454 e. The minimum atomic E-state index is -0.696. The number of morpholine rings is 1. The molecule has 2 N–H and O–H groups in total. The van der Waals surface area contributed by atoms with E-state index < -0.39 is 24.4 Å². The van der Waals surface area contributed by atoms with Gasteiger partial charge in [0.15, 0.2) is 6.61 Å². The van der Waals surface area contributed by atoms with Crippen LogP contribution < -0.4 is 15.5 Å². The van der Waals surface area contributed by atoms with Crippen LogP contribution in [0.3, 0.4) is 0 Å². The zero-order valence-corrected chi connectivity index (χ0v) is 17.8. The van der Waals surface area contributed by atoms with Gasteiger partial charge in [-0.2, -0.15) is 0 Å². The van der Waals surface area contributed by atoms with E-state index in [9.17, 15) is 14.4 Å². The summed E-state index contributed by atoms with van der Waals surface area (Å²) in [5, 5.41) is 5.13. The van der Waals surface area contributed by atoms with Gasteiger partial charge in [0.1, 0.15) is 6.54 Å². The van der Waals surface area contributed by atoms with Gasteiger partial charge in [-0.25, -0.2) is 0 Å². The third-order valence-corrected chi connectivity index (χ3v) is 4.92. The lowest BCUT2D eigenvalue weighted by molar-refractivity contribution is -0.146. The van der Waals surface area contributed by atoms with Crippen LogP contribution in [0.5, 0.6) is 0 Å².